The van der Waals surface area contributed by atoms with Crippen molar-refractivity contribution in [1.82, 2.24) is 38.5 Å². The summed E-state index contributed by atoms with van der Waals surface area (Å²) < 4.78 is 17.0. The van der Waals surface area contributed by atoms with Crippen LogP contribution < -0.4 is 5.56 Å². The molecule has 2 aliphatic heterocycles. The summed E-state index contributed by atoms with van der Waals surface area (Å²) in [6, 6.07) is 4.21. The molecule has 2 amide bonds. The van der Waals surface area contributed by atoms with Gasteiger partial charge in [-0.15, -0.1) is 11.3 Å². The number of aromatic nitrogens is 4. The molecule has 0 saturated carbocycles. The molecule has 1 N–H and O–H groups in total. The maximum absolute atomic E-state index is 14.2. The monoisotopic (exact) mass is 608 g/mol. The maximum atomic E-state index is 14.2. The van der Waals surface area contributed by atoms with E-state index in [1.165, 1.54) is 34.1 Å². The summed E-state index contributed by atoms with van der Waals surface area (Å²) in [4.78, 5) is 56.9. The highest BCUT2D eigenvalue weighted by Crippen LogP contribution is 2.31. The van der Waals surface area contributed by atoms with Gasteiger partial charge in [0.2, 0.25) is 17.4 Å². The maximum Gasteiger partial charge on any atom is 0.302 e. The minimum absolute atomic E-state index is 0.00860. The summed E-state index contributed by atoms with van der Waals surface area (Å²) in [5.74, 6) is -1.10. The average Bonchev–Trinajstić information content (AvgIpc) is 3.63. The van der Waals surface area contributed by atoms with Crippen LogP contribution in [0, 0.1) is 5.82 Å². The van der Waals surface area contributed by atoms with Crippen LogP contribution >= 0.6 is 11.3 Å². The number of carbonyl (C=O) groups excluding carboxylic acids is 2. The zero-order valence-corrected chi connectivity index (χ0v) is 24.9. The Morgan fingerprint density at radius 3 is 2.35 bits per heavy atom. The average molecular weight is 609 g/mol. The van der Waals surface area contributed by atoms with Crippen molar-refractivity contribution in [2.75, 3.05) is 66.5 Å². The van der Waals surface area contributed by atoms with Crippen molar-refractivity contribution in [1.29, 1.82) is 0 Å². The second-order valence-electron chi connectivity index (χ2n) is 11.1. The lowest BCUT2D eigenvalue weighted by molar-refractivity contribution is -0.133. The molecule has 0 atom stereocenters. The van der Waals surface area contributed by atoms with Crippen molar-refractivity contribution >= 4 is 28.9 Å². The summed E-state index contributed by atoms with van der Waals surface area (Å²) in [5, 5.41) is 11.1. The fraction of sp³-hybridized carbons (Fsp3) is 0.414. The molecule has 43 heavy (non-hydrogen) atoms. The van der Waals surface area contributed by atoms with Crippen LogP contribution in [-0.2, 0) is 17.8 Å². The number of hydrogen-bond donors (Lipinski definition) is 1. The molecule has 0 bridgehead atoms. The first-order valence-electron chi connectivity index (χ1n) is 14.2. The largest absolute Gasteiger partial charge is 0.501 e. The molecule has 3 aromatic heterocycles. The second kappa shape index (κ2) is 11.9. The number of nitrogens with zero attached hydrogens (tertiary/aromatic N) is 8. The Morgan fingerprint density at radius 1 is 0.977 bits per heavy atom. The zero-order valence-electron chi connectivity index (χ0n) is 24.1. The van der Waals surface area contributed by atoms with E-state index in [9.17, 15) is 23.9 Å². The van der Waals surface area contributed by atoms with Gasteiger partial charge in [-0.1, -0.05) is 6.07 Å². The number of carbonyl (C=O) groups is 2. The number of halogens is 1. The van der Waals surface area contributed by atoms with Crippen molar-refractivity contribution < 1.29 is 19.1 Å². The highest BCUT2D eigenvalue weighted by Gasteiger charge is 2.25. The molecule has 2 aliphatic rings. The summed E-state index contributed by atoms with van der Waals surface area (Å²) in [6.45, 7) is 5.51. The highest BCUT2D eigenvalue weighted by atomic mass is 32.1. The van der Waals surface area contributed by atoms with E-state index >= 15 is 0 Å². The molecule has 5 heterocycles. The van der Waals surface area contributed by atoms with Gasteiger partial charge in [-0.2, -0.15) is 0 Å². The van der Waals surface area contributed by atoms with Crippen molar-refractivity contribution in [3.05, 3.63) is 69.0 Å². The minimum Gasteiger partial charge on any atom is -0.501 e. The first-order chi connectivity index (χ1) is 20.7. The molecule has 2 saturated heterocycles. The predicted octanol–water partition coefficient (Wildman–Crippen LogP) is 1.22. The Labute approximate surface area is 251 Å². The van der Waals surface area contributed by atoms with Gasteiger partial charge in [-0.3, -0.25) is 14.4 Å². The molecule has 4 aromatic rings. The Morgan fingerprint density at radius 2 is 1.65 bits per heavy atom. The van der Waals surface area contributed by atoms with Crippen molar-refractivity contribution in [2.45, 2.75) is 13.0 Å². The van der Waals surface area contributed by atoms with Crippen LogP contribution in [0.1, 0.15) is 20.8 Å². The summed E-state index contributed by atoms with van der Waals surface area (Å²) in [7, 11) is 4.02. The molecular weight excluding hydrogens is 575 g/mol. The second-order valence-corrected chi connectivity index (χ2v) is 12.2. The number of rotatable bonds is 6. The molecule has 226 valence electrons. The van der Waals surface area contributed by atoms with Crippen LogP contribution in [0.25, 0.3) is 16.5 Å². The molecule has 0 aliphatic carbocycles. The number of imidazole rings is 1. The summed E-state index contributed by atoms with van der Waals surface area (Å²) >= 11 is 1.22. The zero-order chi connectivity index (χ0) is 30.2. The number of aromatic hydroxyl groups is 1. The molecule has 1 aromatic carbocycles. The molecule has 14 heteroatoms. The van der Waals surface area contributed by atoms with E-state index in [2.05, 4.69) is 19.8 Å². The van der Waals surface area contributed by atoms with Crippen LogP contribution in [-0.4, -0.2) is 122 Å². The number of piperazine rings is 2. The van der Waals surface area contributed by atoms with Crippen LogP contribution in [0.3, 0.4) is 0 Å². The Kier molecular flexibility index (Phi) is 7.99. The van der Waals surface area contributed by atoms with Gasteiger partial charge >= 0.3 is 5.56 Å². The Hall–Kier alpha value is -4.14. The molecule has 0 spiro atoms. The first kappa shape index (κ1) is 29.0. The van der Waals surface area contributed by atoms with E-state index in [-0.39, 0.29) is 29.8 Å². The minimum atomic E-state index is -0.666. The SMILES string of the molecule is CN1CCN(C(=O)Cn2ccn3c(=O)c(O)c(-c4ncc(Cc5ccc(F)cc5C(=O)N5CCN(C)CC5)s4)nc23)CC1. The van der Waals surface area contributed by atoms with E-state index in [1.54, 1.807) is 32.8 Å². The van der Waals surface area contributed by atoms with Gasteiger partial charge in [-0.05, 0) is 31.8 Å². The highest BCUT2D eigenvalue weighted by molar-refractivity contribution is 7.15. The van der Waals surface area contributed by atoms with Crippen molar-refractivity contribution in [3.63, 3.8) is 0 Å². The molecule has 0 radical (unpaired) electrons. The van der Waals surface area contributed by atoms with Crippen molar-refractivity contribution in [2.24, 2.45) is 0 Å². The normalized spacial score (nSPS) is 16.7. The lowest BCUT2D eigenvalue weighted by Gasteiger charge is -2.32. The quantitative estimate of drug-likeness (QED) is 0.347. The lowest BCUT2D eigenvalue weighted by Crippen LogP contribution is -2.48. The number of thiazole rings is 1. The Bertz CT molecular complexity index is 1730. The van der Waals surface area contributed by atoms with E-state index in [4.69, 9.17) is 0 Å². The van der Waals surface area contributed by atoms with Crippen LogP contribution in [0.2, 0.25) is 0 Å². The van der Waals surface area contributed by atoms with Gasteiger partial charge in [0, 0.05) is 87.8 Å². The molecule has 6 rings (SSSR count). The van der Waals surface area contributed by atoms with Gasteiger partial charge in [-0.25, -0.2) is 18.8 Å². The first-order valence-corrected chi connectivity index (χ1v) is 15.0. The predicted molar refractivity (Wildman–Crippen MR) is 159 cm³/mol. The molecule has 12 nitrogen and oxygen atoms in total. The standard InChI is InChI=1S/C29H33FN8O4S/c1-33-5-9-35(10-6-33)23(39)18-37-13-14-38-28(42)25(40)24(32-29(37)38)26-31-17-21(43-26)15-19-3-4-20(30)16-22(19)27(41)36-11-7-34(2)8-12-36/h3-4,13-14,16-17,40H,5-12,15,18H2,1-2H3. The third kappa shape index (κ3) is 5.90. The van der Waals surface area contributed by atoms with Gasteiger partial charge in [0.1, 0.15) is 17.4 Å². The number of hydrogen-bond acceptors (Lipinski definition) is 9. The van der Waals surface area contributed by atoms with E-state index < -0.39 is 17.1 Å². The van der Waals surface area contributed by atoms with E-state index in [0.717, 1.165) is 31.1 Å². The topological polar surface area (TPSA) is 120 Å². The van der Waals surface area contributed by atoms with Gasteiger partial charge in [0.25, 0.3) is 5.91 Å². The fourth-order valence-electron chi connectivity index (χ4n) is 5.41. The number of amides is 2. The van der Waals surface area contributed by atoms with Gasteiger partial charge in [0.05, 0.1) is 0 Å². The van der Waals surface area contributed by atoms with Crippen molar-refractivity contribution in [3.8, 4) is 16.5 Å². The fourth-order valence-corrected chi connectivity index (χ4v) is 6.33. The summed E-state index contributed by atoms with van der Waals surface area (Å²) in [6.07, 6.45) is 4.99. The third-order valence-corrected chi connectivity index (χ3v) is 9.10. The number of fused-ring (bicyclic) bond motifs is 1. The molecule has 0 unspecified atom stereocenters. The number of likely N-dealkylation sites (N-methyl/N-ethyl adjacent to an activating group) is 2. The molecule has 2 fully saturated rings. The smallest absolute Gasteiger partial charge is 0.302 e. The molecular formula is C29H33FN8O4S. The van der Waals surface area contributed by atoms with Crippen LogP contribution in [0.4, 0.5) is 4.39 Å². The van der Waals surface area contributed by atoms with E-state index in [1.807, 2.05) is 14.1 Å². The lowest BCUT2D eigenvalue weighted by atomic mass is 10.0. The van der Waals surface area contributed by atoms with Crippen LogP contribution in [0.5, 0.6) is 5.75 Å². The van der Waals surface area contributed by atoms with E-state index in [0.29, 0.717) is 48.7 Å². The van der Waals surface area contributed by atoms with Crippen LogP contribution in [0.15, 0.2) is 41.6 Å². The number of benzene rings is 1. The Balaban J connectivity index is 1.25. The summed E-state index contributed by atoms with van der Waals surface area (Å²) in [5.41, 5.74) is 0.315. The van der Waals surface area contributed by atoms with Gasteiger partial charge in [0.15, 0.2) is 5.69 Å². The van der Waals surface area contributed by atoms with Gasteiger partial charge < -0.3 is 29.3 Å². The third-order valence-electron chi connectivity index (χ3n) is 8.10.